The molecule has 0 aliphatic rings. The molecule has 3 rings (SSSR count). The quantitative estimate of drug-likeness (QED) is 0.231. The third-order valence-electron chi connectivity index (χ3n) is 6.77. The molecule has 0 aliphatic carbocycles. The Labute approximate surface area is 226 Å². The second-order valence-electron chi connectivity index (χ2n) is 10.6. The van der Waals surface area contributed by atoms with Gasteiger partial charge in [0.2, 0.25) is 0 Å². The number of hydrogen-bond acceptors (Lipinski definition) is 4. The molecule has 0 N–H and O–H groups in total. The fourth-order valence-corrected chi connectivity index (χ4v) is 9.23. The molecule has 0 aliphatic heterocycles. The van der Waals surface area contributed by atoms with Crippen molar-refractivity contribution < 1.29 is 0 Å². The molecule has 0 atom stereocenters. The molecule has 0 unspecified atom stereocenters. The van der Waals surface area contributed by atoms with E-state index >= 15 is 0 Å². The third kappa shape index (κ3) is 9.53. The first-order chi connectivity index (χ1) is 17.6. The van der Waals surface area contributed by atoms with Crippen LogP contribution in [0, 0.1) is 0 Å². The van der Waals surface area contributed by atoms with E-state index < -0.39 is 21.2 Å². The molecule has 0 fully saturated rings. The van der Waals surface area contributed by atoms with Gasteiger partial charge in [0.05, 0.1) is 19.6 Å². The molecular weight excluding hydrogens is 509 g/mol. The SMILES string of the molecule is CP(C)(=NCCN(CCN=P(C)(C)c1ccccc1)CCN=P(C)(C)c1ccccc1)c1ccccc1. The van der Waals surface area contributed by atoms with Gasteiger partial charge in [-0.25, -0.2) is 0 Å². The van der Waals surface area contributed by atoms with E-state index in [0.29, 0.717) is 0 Å². The molecule has 0 bridgehead atoms. The van der Waals surface area contributed by atoms with Gasteiger partial charge >= 0.3 is 0 Å². The summed E-state index contributed by atoms with van der Waals surface area (Å²) in [5.74, 6) is 0. The fraction of sp³-hybridized carbons (Fsp3) is 0.400. The molecule has 0 spiro atoms. The minimum atomic E-state index is -1.47. The Kier molecular flexibility index (Phi) is 11.2. The van der Waals surface area contributed by atoms with Gasteiger partial charge in [0.25, 0.3) is 0 Å². The zero-order chi connectivity index (χ0) is 26.8. The van der Waals surface area contributed by atoms with Crippen LogP contribution in [0.5, 0.6) is 0 Å². The molecule has 0 amide bonds. The van der Waals surface area contributed by atoms with E-state index in [2.05, 4.69) is 136 Å². The van der Waals surface area contributed by atoms with Crippen molar-refractivity contribution in [2.75, 3.05) is 79.3 Å². The first-order valence-corrected chi connectivity index (χ1v) is 21.0. The average molecular weight is 555 g/mol. The maximum absolute atomic E-state index is 5.20. The maximum Gasteiger partial charge on any atom is 0.0505 e. The normalized spacial score (nSPS) is 12.4. The fourth-order valence-electron chi connectivity index (χ4n) is 4.27. The predicted molar refractivity (Wildman–Crippen MR) is 173 cm³/mol. The summed E-state index contributed by atoms with van der Waals surface area (Å²) in [6.45, 7) is 19.3. The van der Waals surface area contributed by atoms with Gasteiger partial charge in [-0.05, 0) is 77.1 Å². The molecule has 4 nitrogen and oxygen atoms in total. The summed E-state index contributed by atoms with van der Waals surface area (Å²) in [6, 6.07) is 32.3. The van der Waals surface area contributed by atoms with Crippen LogP contribution in [0.4, 0.5) is 0 Å². The Morgan fingerprint density at radius 1 is 0.432 bits per heavy atom. The van der Waals surface area contributed by atoms with E-state index in [4.69, 9.17) is 14.2 Å². The summed E-state index contributed by atoms with van der Waals surface area (Å²) >= 11 is 0. The van der Waals surface area contributed by atoms with Crippen LogP contribution in [0.15, 0.2) is 105 Å². The zero-order valence-electron chi connectivity index (χ0n) is 23.5. The van der Waals surface area contributed by atoms with Crippen LogP contribution < -0.4 is 15.9 Å². The van der Waals surface area contributed by atoms with Crippen molar-refractivity contribution in [3.05, 3.63) is 91.0 Å². The number of hydrogen-bond donors (Lipinski definition) is 0. The van der Waals surface area contributed by atoms with Crippen LogP contribution in [0.25, 0.3) is 0 Å². The lowest BCUT2D eigenvalue weighted by atomic mass is 10.4. The van der Waals surface area contributed by atoms with Crippen molar-refractivity contribution in [2.45, 2.75) is 0 Å². The molecule has 0 saturated heterocycles. The molecule has 37 heavy (non-hydrogen) atoms. The van der Waals surface area contributed by atoms with Crippen molar-refractivity contribution in [3.63, 3.8) is 0 Å². The lowest BCUT2D eigenvalue weighted by Crippen LogP contribution is -2.31. The van der Waals surface area contributed by atoms with E-state index in [1.165, 1.54) is 15.9 Å². The van der Waals surface area contributed by atoms with E-state index in [1.807, 2.05) is 0 Å². The maximum atomic E-state index is 5.20. The molecule has 0 radical (unpaired) electrons. The van der Waals surface area contributed by atoms with Gasteiger partial charge in [-0.2, -0.15) is 0 Å². The highest BCUT2D eigenvalue weighted by Gasteiger charge is 2.12. The average Bonchev–Trinajstić information content (AvgIpc) is 2.90. The van der Waals surface area contributed by atoms with Crippen LogP contribution >= 0.6 is 21.2 Å². The topological polar surface area (TPSA) is 40.3 Å². The first-order valence-electron chi connectivity index (χ1n) is 13.1. The van der Waals surface area contributed by atoms with Crippen LogP contribution in [-0.4, -0.2) is 84.2 Å². The molecular formula is C30H45N4P3. The van der Waals surface area contributed by atoms with E-state index in [0.717, 1.165) is 39.3 Å². The molecule has 3 aromatic rings. The molecule has 0 heterocycles. The number of rotatable bonds is 12. The number of nitrogens with zero attached hydrogens (tertiary/aromatic N) is 4. The third-order valence-corrected chi connectivity index (χ3v) is 14.2. The van der Waals surface area contributed by atoms with Gasteiger partial charge in [0.15, 0.2) is 0 Å². The summed E-state index contributed by atoms with van der Waals surface area (Å²) in [4.78, 5) is 2.53. The van der Waals surface area contributed by atoms with Gasteiger partial charge in [-0.1, -0.05) is 91.0 Å². The van der Waals surface area contributed by atoms with E-state index in [9.17, 15) is 0 Å². The minimum absolute atomic E-state index is 0.851. The molecule has 0 aromatic heterocycles. The summed E-state index contributed by atoms with van der Waals surface area (Å²) in [6.07, 6.45) is 0. The van der Waals surface area contributed by atoms with Gasteiger partial charge in [0.1, 0.15) is 0 Å². The van der Waals surface area contributed by atoms with Gasteiger partial charge in [-0.15, -0.1) is 0 Å². The van der Waals surface area contributed by atoms with Gasteiger partial charge < -0.3 is 0 Å². The summed E-state index contributed by atoms with van der Waals surface area (Å²) in [5.41, 5.74) is 0. The Morgan fingerprint density at radius 3 is 0.919 bits per heavy atom. The monoisotopic (exact) mass is 554 g/mol. The molecule has 3 aromatic carbocycles. The Hall–Kier alpha value is -1.69. The Morgan fingerprint density at radius 2 is 0.676 bits per heavy atom. The van der Waals surface area contributed by atoms with Crippen molar-refractivity contribution in [3.8, 4) is 0 Å². The van der Waals surface area contributed by atoms with Crippen LogP contribution in [-0.2, 0) is 0 Å². The van der Waals surface area contributed by atoms with Crippen LogP contribution in [0.1, 0.15) is 0 Å². The molecule has 200 valence electrons. The summed E-state index contributed by atoms with van der Waals surface area (Å²) in [7, 11) is -4.42. The lowest BCUT2D eigenvalue weighted by molar-refractivity contribution is 0.299. The van der Waals surface area contributed by atoms with Crippen LogP contribution in [0.2, 0.25) is 0 Å². The second-order valence-corrected chi connectivity index (χ2v) is 21.4. The van der Waals surface area contributed by atoms with Crippen molar-refractivity contribution in [1.82, 2.24) is 4.90 Å². The summed E-state index contributed by atoms with van der Waals surface area (Å²) in [5, 5.41) is 4.11. The van der Waals surface area contributed by atoms with Crippen LogP contribution in [0.3, 0.4) is 0 Å². The lowest BCUT2D eigenvalue weighted by Gasteiger charge is -2.23. The smallest absolute Gasteiger partial charge is 0.0505 e. The van der Waals surface area contributed by atoms with Crippen molar-refractivity contribution >= 4 is 37.1 Å². The predicted octanol–water partition coefficient (Wildman–Crippen LogP) is 6.65. The Bertz CT molecular complexity index is 1090. The van der Waals surface area contributed by atoms with E-state index in [1.54, 1.807) is 0 Å². The Balaban J connectivity index is 1.70. The summed E-state index contributed by atoms with van der Waals surface area (Å²) < 4.78 is 15.6. The largest absolute Gasteiger partial charge is 0.298 e. The highest BCUT2D eigenvalue weighted by Crippen LogP contribution is 2.41. The highest BCUT2D eigenvalue weighted by atomic mass is 31.2. The van der Waals surface area contributed by atoms with Gasteiger partial charge in [-0.3, -0.25) is 19.1 Å². The molecule has 0 saturated carbocycles. The highest BCUT2D eigenvalue weighted by molar-refractivity contribution is 7.73. The zero-order valence-corrected chi connectivity index (χ0v) is 26.2. The number of benzene rings is 3. The minimum Gasteiger partial charge on any atom is -0.298 e. The van der Waals surface area contributed by atoms with Gasteiger partial charge in [0, 0.05) is 19.6 Å². The molecule has 7 heteroatoms. The standard InChI is InChI=1S/C30H45N4P3/c1-35(2,28-16-10-7-11-17-28)31-22-25-34(26-23-32-36(3,4)29-18-12-8-13-19-29)27-24-33-37(5,6)30-20-14-9-15-21-30/h7-21H,22-27H2,1-6H3. The van der Waals surface area contributed by atoms with E-state index in [-0.39, 0.29) is 0 Å². The van der Waals surface area contributed by atoms with Crippen molar-refractivity contribution in [2.24, 2.45) is 14.2 Å². The van der Waals surface area contributed by atoms with Crippen molar-refractivity contribution in [1.29, 1.82) is 0 Å². The first kappa shape index (κ1) is 29.9. The second kappa shape index (κ2) is 13.9.